The Kier molecular flexibility index (Phi) is 6.72. The Morgan fingerprint density at radius 3 is 2.89 bits per heavy atom. The van der Waals surface area contributed by atoms with Gasteiger partial charge in [-0.2, -0.15) is 5.10 Å². The van der Waals surface area contributed by atoms with Gasteiger partial charge in [0.25, 0.3) is 5.91 Å². The Bertz CT molecular complexity index is 1290. The van der Waals surface area contributed by atoms with Crippen molar-refractivity contribution in [1.82, 2.24) is 20.1 Å². The number of amides is 1. The molecule has 0 fully saturated rings. The predicted octanol–water partition coefficient (Wildman–Crippen LogP) is 2.05. The van der Waals surface area contributed by atoms with Crippen LogP contribution in [0.5, 0.6) is 11.5 Å². The highest BCUT2D eigenvalue weighted by Gasteiger charge is 2.25. The summed E-state index contributed by atoms with van der Waals surface area (Å²) in [5.74, 6) is 0.377. The maximum absolute atomic E-state index is 13.1. The summed E-state index contributed by atoms with van der Waals surface area (Å²) >= 11 is 0. The third-order valence-electron chi connectivity index (χ3n) is 6.36. The Morgan fingerprint density at radius 1 is 1.19 bits per heavy atom. The first-order valence-corrected chi connectivity index (χ1v) is 11.8. The van der Waals surface area contributed by atoms with Gasteiger partial charge in [-0.05, 0) is 42.2 Å². The molecular weight excluding hydrogens is 466 g/mol. The van der Waals surface area contributed by atoms with Crippen molar-refractivity contribution < 1.29 is 29.3 Å². The first-order chi connectivity index (χ1) is 17.5. The molecule has 1 aromatic carbocycles. The van der Waals surface area contributed by atoms with Crippen molar-refractivity contribution in [3.63, 3.8) is 0 Å². The summed E-state index contributed by atoms with van der Waals surface area (Å²) in [4.78, 5) is 29.3. The van der Waals surface area contributed by atoms with Crippen LogP contribution in [0.4, 0.5) is 5.82 Å². The lowest BCUT2D eigenvalue weighted by molar-refractivity contribution is -0.137. The number of aryl methyl sites for hydroxylation is 3. The monoisotopic (exact) mass is 493 g/mol. The molecule has 2 aliphatic heterocycles. The van der Waals surface area contributed by atoms with Crippen LogP contribution in [-0.2, 0) is 30.8 Å². The summed E-state index contributed by atoms with van der Waals surface area (Å²) in [5.41, 5.74) is 3.20. The van der Waals surface area contributed by atoms with E-state index >= 15 is 0 Å². The second kappa shape index (κ2) is 10.2. The fourth-order valence-electron chi connectivity index (χ4n) is 4.48. The van der Waals surface area contributed by atoms with Gasteiger partial charge in [-0.1, -0.05) is 12.1 Å². The number of hydrogen-bond acceptors (Lipinski definition) is 8. The van der Waals surface area contributed by atoms with Crippen molar-refractivity contribution in [2.75, 3.05) is 18.7 Å². The number of pyridine rings is 1. The molecule has 4 heterocycles. The average molecular weight is 494 g/mol. The number of hydrogen-bond donors (Lipinski definition) is 4. The Balaban J connectivity index is 1.30. The number of aromatic nitrogens is 3. The van der Waals surface area contributed by atoms with Crippen LogP contribution in [0.3, 0.4) is 0 Å². The number of nitrogens with zero attached hydrogens (tertiary/aromatic N) is 3. The van der Waals surface area contributed by atoms with Crippen LogP contribution >= 0.6 is 0 Å². The second-order valence-corrected chi connectivity index (χ2v) is 8.71. The molecule has 2 aromatic heterocycles. The van der Waals surface area contributed by atoms with E-state index in [1.165, 1.54) is 11.8 Å². The van der Waals surface area contributed by atoms with Gasteiger partial charge in [-0.15, -0.1) is 0 Å². The molecule has 11 nitrogen and oxygen atoms in total. The number of carboxylic acids is 1. The van der Waals surface area contributed by atoms with Crippen LogP contribution in [0.15, 0.2) is 36.5 Å². The molecule has 0 saturated carbocycles. The molecule has 2 aliphatic rings. The van der Waals surface area contributed by atoms with Crippen molar-refractivity contribution in [2.45, 2.75) is 44.9 Å². The summed E-state index contributed by atoms with van der Waals surface area (Å²) in [6, 6.07) is 8.29. The van der Waals surface area contributed by atoms with Gasteiger partial charge in [-0.25, -0.2) is 4.98 Å². The summed E-state index contributed by atoms with van der Waals surface area (Å²) < 4.78 is 12.3. The van der Waals surface area contributed by atoms with Crippen molar-refractivity contribution in [3.8, 4) is 11.5 Å². The zero-order valence-electron chi connectivity index (χ0n) is 19.6. The van der Waals surface area contributed by atoms with Crippen LogP contribution in [-0.4, -0.2) is 50.2 Å². The quantitative estimate of drug-likeness (QED) is 0.351. The topological polar surface area (TPSA) is 148 Å². The highest BCUT2D eigenvalue weighted by atomic mass is 16.7. The number of nitrogens with one attached hydrogen (secondary N) is 2. The number of aliphatic hydroxyl groups excluding tert-OH is 1. The SMILES string of the molecule is O=C(O)CC(NC(=O)c1cnn(CCc2ccc3c(n2)NCCC3)c1CO)c1ccc2c(c1)OCO2. The molecule has 36 heavy (non-hydrogen) atoms. The number of carbonyl (C=O) groups is 2. The van der Waals surface area contributed by atoms with E-state index in [4.69, 9.17) is 9.47 Å². The summed E-state index contributed by atoms with van der Waals surface area (Å²) in [5, 5.41) is 29.8. The molecule has 5 rings (SSSR count). The van der Waals surface area contributed by atoms with E-state index in [0.29, 0.717) is 35.7 Å². The van der Waals surface area contributed by atoms with E-state index in [-0.39, 0.29) is 18.8 Å². The number of benzene rings is 1. The molecule has 188 valence electrons. The molecule has 3 aromatic rings. The second-order valence-electron chi connectivity index (χ2n) is 8.71. The van der Waals surface area contributed by atoms with E-state index in [1.54, 1.807) is 22.9 Å². The number of carbonyl (C=O) groups excluding carboxylic acids is 1. The lowest BCUT2D eigenvalue weighted by atomic mass is 10.0. The number of anilines is 1. The number of aliphatic carboxylic acids is 1. The zero-order chi connectivity index (χ0) is 25.1. The molecule has 1 atom stereocenters. The predicted molar refractivity (Wildman–Crippen MR) is 128 cm³/mol. The average Bonchev–Trinajstić information content (AvgIpc) is 3.52. The van der Waals surface area contributed by atoms with Gasteiger partial charge in [0.2, 0.25) is 6.79 Å². The molecule has 0 radical (unpaired) electrons. The van der Waals surface area contributed by atoms with E-state index in [2.05, 4.69) is 26.8 Å². The first-order valence-electron chi connectivity index (χ1n) is 11.8. The lowest BCUT2D eigenvalue weighted by Gasteiger charge is -2.18. The van der Waals surface area contributed by atoms with Gasteiger partial charge in [0.05, 0.1) is 36.5 Å². The van der Waals surface area contributed by atoms with Crippen LogP contribution < -0.4 is 20.1 Å². The van der Waals surface area contributed by atoms with E-state index in [1.807, 2.05) is 6.07 Å². The van der Waals surface area contributed by atoms with Crippen LogP contribution in [0.25, 0.3) is 0 Å². The molecule has 0 saturated heterocycles. The summed E-state index contributed by atoms with van der Waals surface area (Å²) in [6.07, 6.45) is 3.74. The Morgan fingerprint density at radius 2 is 2.06 bits per heavy atom. The van der Waals surface area contributed by atoms with Crippen molar-refractivity contribution in [1.29, 1.82) is 0 Å². The summed E-state index contributed by atoms with van der Waals surface area (Å²) in [7, 11) is 0. The number of fused-ring (bicyclic) bond motifs is 2. The van der Waals surface area contributed by atoms with Gasteiger partial charge >= 0.3 is 5.97 Å². The van der Waals surface area contributed by atoms with Gasteiger partial charge in [0.1, 0.15) is 5.82 Å². The Labute approximate surface area is 207 Å². The van der Waals surface area contributed by atoms with E-state index in [9.17, 15) is 19.8 Å². The van der Waals surface area contributed by atoms with Crippen molar-refractivity contribution in [2.24, 2.45) is 0 Å². The van der Waals surface area contributed by atoms with E-state index < -0.39 is 24.5 Å². The number of aliphatic hydroxyl groups is 1. The molecule has 0 bridgehead atoms. The molecule has 1 amide bonds. The molecular formula is C25H27N5O6. The van der Waals surface area contributed by atoms with Crippen molar-refractivity contribution in [3.05, 3.63) is 64.6 Å². The third-order valence-corrected chi connectivity index (χ3v) is 6.36. The fraction of sp³-hybridized carbons (Fsp3) is 0.360. The largest absolute Gasteiger partial charge is 0.481 e. The van der Waals surface area contributed by atoms with Crippen molar-refractivity contribution >= 4 is 17.7 Å². The minimum absolute atomic E-state index is 0.0886. The van der Waals surface area contributed by atoms with Gasteiger partial charge in [0, 0.05) is 25.2 Å². The third kappa shape index (κ3) is 4.96. The Hall–Kier alpha value is -4.12. The van der Waals surface area contributed by atoms with Gasteiger partial charge < -0.3 is 30.3 Å². The van der Waals surface area contributed by atoms with Crippen LogP contribution in [0.2, 0.25) is 0 Å². The molecule has 0 aliphatic carbocycles. The first kappa shape index (κ1) is 23.6. The van der Waals surface area contributed by atoms with Crippen LogP contribution in [0, 0.1) is 0 Å². The number of rotatable bonds is 9. The summed E-state index contributed by atoms with van der Waals surface area (Å²) in [6.45, 7) is 1.03. The zero-order valence-corrected chi connectivity index (χ0v) is 19.6. The molecule has 0 spiro atoms. The van der Waals surface area contributed by atoms with Gasteiger partial charge in [-0.3, -0.25) is 14.3 Å². The van der Waals surface area contributed by atoms with E-state index in [0.717, 1.165) is 30.9 Å². The minimum Gasteiger partial charge on any atom is -0.481 e. The maximum Gasteiger partial charge on any atom is 0.305 e. The van der Waals surface area contributed by atoms with Crippen LogP contribution in [0.1, 0.15) is 51.8 Å². The molecule has 11 heteroatoms. The number of ether oxygens (including phenoxy) is 2. The minimum atomic E-state index is -1.07. The fourth-order valence-corrected chi connectivity index (χ4v) is 4.48. The molecule has 1 unspecified atom stereocenters. The van der Waals surface area contributed by atoms with Gasteiger partial charge in [0.15, 0.2) is 11.5 Å². The standard InChI is InChI=1S/C25H27N5O6/c31-13-20-18(12-27-30(20)9-7-17-5-3-15-2-1-8-26-24(15)28-17)25(34)29-19(11-23(32)33)16-4-6-21-22(10-16)36-14-35-21/h3-6,10,12,19,31H,1-2,7-9,11,13-14H2,(H,26,28)(H,29,34)(H,32,33). The smallest absolute Gasteiger partial charge is 0.305 e. The lowest BCUT2D eigenvalue weighted by Crippen LogP contribution is -2.30. The number of carboxylic acid groups (broad SMARTS) is 1. The maximum atomic E-state index is 13.1. The molecule has 4 N–H and O–H groups in total. The highest BCUT2D eigenvalue weighted by Crippen LogP contribution is 2.35. The highest BCUT2D eigenvalue weighted by molar-refractivity contribution is 5.95. The normalized spacial score (nSPS) is 14.6.